The van der Waals surface area contributed by atoms with Crippen LogP contribution in [0, 0.1) is 5.92 Å². The minimum Gasteiger partial charge on any atom is -0.481 e. The molecule has 0 radical (unpaired) electrons. The third-order valence-electron chi connectivity index (χ3n) is 4.13. The maximum Gasteiger partial charge on any atom is 0.573 e. The molecule has 1 aromatic rings. The molecule has 0 spiro atoms. The molecule has 1 aromatic carbocycles. The summed E-state index contributed by atoms with van der Waals surface area (Å²) in [5.41, 5.74) is 0.0198. The molecule has 2 atom stereocenters. The van der Waals surface area contributed by atoms with Crippen molar-refractivity contribution in [1.29, 1.82) is 0 Å². The summed E-state index contributed by atoms with van der Waals surface area (Å²) in [5, 5.41) is 9.46. The molecule has 0 aromatic heterocycles. The molecule has 128 valence electrons. The van der Waals surface area contributed by atoms with Crippen LogP contribution in [0.1, 0.15) is 32.3 Å². The molecule has 2 rings (SSSR count). The topological polar surface area (TPSA) is 49.8 Å². The van der Waals surface area contributed by atoms with E-state index in [-0.39, 0.29) is 16.9 Å². The Kier molecular flexibility index (Phi) is 4.61. The summed E-state index contributed by atoms with van der Waals surface area (Å²) in [6, 6.07) is 5.77. The first-order chi connectivity index (χ1) is 10.5. The molecule has 1 N–H and O–H groups in total. The summed E-state index contributed by atoms with van der Waals surface area (Å²) in [6.07, 6.45) is -4.81. The van der Waals surface area contributed by atoms with Gasteiger partial charge in [0.25, 0.3) is 0 Å². The Morgan fingerprint density at radius 2 is 1.83 bits per heavy atom. The molecular formula is C16H20F3NO3. The van der Waals surface area contributed by atoms with E-state index in [1.54, 1.807) is 6.07 Å². The largest absolute Gasteiger partial charge is 0.573 e. The van der Waals surface area contributed by atoms with Crippen LogP contribution in [0.3, 0.4) is 0 Å². The van der Waals surface area contributed by atoms with Gasteiger partial charge in [-0.3, -0.25) is 9.69 Å². The van der Waals surface area contributed by atoms with Crippen LogP contribution in [0.2, 0.25) is 0 Å². The number of ether oxygens (including phenoxy) is 1. The van der Waals surface area contributed by atoms with Gasteiger partial charge >= 0.3 is 12.3 Å². The van der Waals surface area contributed by atoms with Crippen molar-refractivity contribution in [3.63, 3.8) is 0 Å². The standard InChI is InChI=1S/C16H20F3NO3/c1-15(2,3)20-8-11(12(9-20)14(21)22)10-6-4-5-7-13(10)23-16(17,18)19/h4-7,11-12H,8-9H2,1-3H3,(H,21,22)/t11-,12+/m0/s1. The molecule has 0 unspecified atom stereocenters. The van der Waals surface area contributed by atoms with Gasteiger partial charge in [-0.25, -0.2) is 0 Å². The number of aliphatic carboxylic acids is 1. The fourth-order valence-corrected chi connectivity index (χ4v) is 2.92. The van der Waals surface area contributed by atoms with Crippen molar-refractivity contribution in [2.45, 2.75) is 38.6 Å². The summed E-state index contributed by atoms with van der Waals surface area (Å²) < 4.78 is 41.8. The van der Waals surface area contributed by atoms with Crippen LogP contribution in [0.15, 0.2) is 24.3 Å². The third-order valence-corrected chi connectivity index (χ3v) is 4.13. The monoisotopic (exact) mass is 331 g/mol. The van der Waals surface area contributed by atoms with E-state index in [0.29, 0.717) is 13.1 Å². The highest BCUT2D eigenvalue weighted by atomic mass is 19.4. The zero-order valence-corrected chi connectivity index (χ0v) is 13.2. The Balaban J connectivity index is 2.37. The number of hydrogen-bond acceptors (Lipinski definition) is 3. The number of para-hydroxylation sites is 1. The Morgan fingerprint density at radius 3 is 2.35 bits per heavy atom. The highest BCUT2D eigenvalue weighted by Gasteiger charge is 2.44. The fourth-order valence-electron chi connectivity index (χ4n) is 2.92. The summed E-state index contributed by atoms with van der Waals surface area (Å²) in [4.78, 5) is 13.5. The summed E-state index contributed by atoms with van der Waals surface area (Å²) in [6.45, 7) is 6.52. The van der Waals surface area contributed by atoms with E-state index in [0.717, 1.165) is 0 Å². The predicted octanol–water partition coefficient (Wildman–Crippen LogP) is 3.48. The van der Waals surface area contributed by atoms with Crippen LogP contribution in [0.4, 0.5) is 13.2 Å². The number of benzene rings is 1. The predicted molar refractivity (Wildman–Crippen MR) is 78.3 cm³/mol. The van der Waals surface area contributed by atoms with Gasteiger partial charge in [0.05, 0.1) is 5.92 Å². The minimum atomic E-state index is -4.81. The Labute approximate surface area is 132 Å². The maximum absolute atomic E-state index is 12.6. The first-order valence-corrected chi connectivity index (χ1v) is 7.31. The van der Waals surface area contributed by atoms with Crippen LogP contribution in [-0.4, -0.2) is 41.0 Å². The molecule has 1 saturated heterocycles. The number of halogens is 3. The van der Waals surface area contributed by atoms with E-state index < -0.39 is 24.2 Å². The molecule has 0 amide bonds. The first kappa shape index (κ1) is 17.6. The smallest absolute Gasteiger partial charge is 0.481 e. The van der Waals surface area contributed by atoms with E-state index in [2.05, 4.69) is 4.74 Å². The van der Waals surface area contributed by atoms with E-state index in [4.69, 9.17) is 0 Å². The SMILES string of the molecule is CC(C)(C)N1C[C@@H](C(=O)O)[C@H](c2ccccc2OC(F)(F)F)C1. The normalized spacial score (nSPS) is 23.0. The van der Waals surface area contributed by atoms with Crippen LogP contribution in [0.25, 0.3) is 0 Å². The summed E-state index contributed by atoms with van der Waals surface area (Å²) in [7, 11) is 0. The molecule has 0 saturated carbocycles. The Bertz CT molecular complexity index is 581. The van der Waals surface area contributed by atoms with Gasteiger partial charge in [0.1, 0.15) is 5.75 Å². The molecule has 1 heterocycles. The number of carboxylic acid groups (broad SMARTS) is 1. The molecule has 1 fully saturated rings. The maximum atomic E-state index is 12.6. The number of rotatable bonds is 3. The first-order valence-electron chi connectivity index (χ1n) is 7.31. The van der Waals surface area contributed by atoms with Crippen molar-refractivity contribution < 1.29 is 27.8 Å². The van der Waals surface area contributed by atoms with Crippen molar-refractivity contribution in [1.82, 2.24) is 4.90 Å². The van der Waals surface area contributed by atoms with Gasteiger partial charge in [-0.15, -0.1) is 13.2 Å². The second kappa shape index (κ2) is 6.03. The van der Waals surface area contributed by atoms with Gasteiger partial charge in [-0.1, -0.05) is 18.2 Å². The Hall–Kier alpha value is -1.76. The van der Waals surface area contributed by atoms with Crippen LogP contribution in [0.5, 0.6) is 5.75 Å². The second-order valence-corrected chi connectivity index (χ2v) is 6.71. The lowest BCUT2D eigenvalue weighted by molar-refractivity contribution is -0.275. The number of hydrogen-bond donors (Lipinski definition) is 1. The quantitative estimate of drug-likeness (QED) is 0.921. The number of carboxylic acids is 1. The average Bonchev–Trinajstić information content (AvgIpc) is 2.82. The molecule has 1 aliphatic rings. The van der Waals surface area contributed by atoms with Gasteiger partial charge in [0.2, 0.25) is 0 Å². The number of alkyl halides is 3. The van der Waals surface area contributed by atoms with Gasteiger partial charge < -0.3 is 9.84 Å². The van der Waals surface area contributed by atoms with E-state index in [9.17, 15) is 23.1 Å². The molecule has 4 nitrogen and oxygen atoms in total. The highest BCUT2D eigenvalue weighted by molar-refractivity contribution is 5.72. The fraction of sp³-hybridized carbons (Fsp3) is 0.562. The van der Waals surface area contributed by atoms with Gasteiger partial charge in [0, 0.05) is 24.5 Å². The van der Waals surface area contributed by atoms with Crippen molar-refractivity contribution in [2.24, 2.45) is 5.92 Å². The summed E-state index contributed by atoms with van der Waals surface area (Å²) >= 11 is 0. The molecular weight excluding hydrogens is 311 g/mol. The van der Waals surface area contributed by atoms with Crippen LogP contribution >= 0.6 is 0 Å². The van der Waals surface area contributed by atoms with Crippen molar-refractivity contribution in [3.8, 4) is 5.75 Å². The van der Waals surface area contributed by atoms with Gasteiger partial charge in [0.15, 0.2) is 0 Å². The second-order valence-electron chi connectivity index (χ2n) is 6.71. The lowest BCUT2D eigenvalue weighted by Gasteiger charge is -2.31. The van der Waals surface area contributed by atoms with Gasteiger partial charge in [-0.05, 0) is 32.4 Å². The van der Waals surface area contributed by atoms with Crippen LogP contribution in [-0.2, 0) is 4.79 Å². The number of carbonyl (C=O) groups is 1. The third kappa shape index (κ3) is 4.16. The number of likely N-dealkylation sites (tertiary alicyclic amines) is 1. The highest BCUT2D eigenvalue weighted by Crippen LogP contribution is 2.41. The molecule has 23 heavy (non-hydrogen) atoms. The summed E-state index contributed by atoms with van der Waals surface area (Å²) in [5.74, 6) is -2.66. The van der Waals surface area contributed by atoms with E-state index in [1.807, 2.05) is 25.7 Å². The minimum absolute atomic E-state index is 0.262. The average molecular weight is 331 g/mol. The Morgan fingerprint density at radius 1 is 1.22 bits per heavy atom. The molecule has 0 aliphatic carbocycles. The number of nitrogens with zero attached hydrogens (tertiary/aromatic N) is 1. The van der Waals surface area contributed by atoms with Crippen molar-refractivity contribution in [3.05, 3.63) is 29.8 Å². The molecule has 7 heteroatoms. The van der Waals surface area contributed by atoms with Crippen LogP contribution < -0.4 is 4.74 Å². The van der Waals surface area contributed by atoms with Crippen molar-refractivity contribution in [2.75, 3.05) is 13.1 Å². The lowest BCUT2D eigenvalue weighted by Crippen LogP contribution is -2.40. The van der Waals surface area contributed by atoms with Gasteiger partial charge in [-0.2, -0.15) is 0 Å². The zero-order chi connectivity index (χ0) is 17.4. The van der Waals surface area contributed by atoms with Crippen molar-refractivity contribution >= 4 is 5.97 Å². The molecule has 1 aliphatic heterocycles. The lowest BCUT2D eigenvalue weighted by atomic mass is 9.88. The zero-order valence-electron chi connectivity index (χ0n) is 13.2. The van der Waals surface area contributed by atoms with E-state index >= 15 is 0 Å². The molecule has 0 bridgehead atoms. The van der Waals surface area contributed by atoms with E-state index in [1.165, 1.54) is 18.2 Å².